The van der Waals surface area contributed by atoms with Crippen LogP contribution in [0.25, 0.3) is 0 Å². The van der Waals surface area contributed by atoms with Crippen molar-refractivity contribution in [1.82, 2.24) is 4.98 Å². The summed E-state index contributed by atoms with van der Waals surface area (Å²) in [5.41, 5.74) is 0.295. The summed E-state index contributed by atoms with van der Waals surface area (Å²) in [6, 6.07) is 5.15. The Morgan fingerprint density at radius 1 is 1.54 bits per heavy atom. The van der Waals surface area contributed by atoms with E-state index < -0.39 is 0 Å². The van der Waals surface area contributed by atoms with E-state index in [-0.39, 0.29) is 0 Å². The molecule has 1 aliphatic carbocycles. The van der Waals surface area contributed by atoms with Crippen LogP contribution in [-0.4, -0.2) is 11.1 Å². The molecular weight excluding hydrogens is 188 g/mol. The molecule has 3 nitrogen and oxygen atoms in total. The molecule has 1 aliphatic rings. The van der Waals surface area contributed by atoms with Crippen molar-refractivity contribution in [3.8, 4) is 11.8 Å². The molecule has 0 aromatic carbocycles. The molecule has 1 heterocycles. The fourth-order valence-electron chi connectivity index (χ4n) is 0.977. The van der Waals surface area contributed by atoms with Gasteiger partial charge in [-0.05, 0) is 12.8 Å². The molecule has 4 heteroatoms. The average Bonchev–Trinajstić information content (AvgIpc) is 2.87. The number of ether oxygens (including phenoxy) is 1. The summed E-state index contributed by atoms with van der Waals surface area (Å²) in [6.07, 6.45) is 2.48. The quantitative estimate of drug-likeness (QED) is 0.678. The van der Waals surface area contributed by atoms with E-state index in [4.69, 9.17) is 21.6 Å². The number of rotatable bonds is 2. The minimum absolute atomic E-state index is 0.295. The lowest BCUT2D eigenvalue weighted by molar-refractivity contribution is 0.303. The minimum atomic E-state index is 0.295. The van der Waals surface area contributed by atoms with E-state index in [9.17, 15) is 0 Å². The Labute approximate surface area is 80.9 Å². The molecule has 1 fully saturated rings. The molecule has 0 bridgehead atoms. The highest BCUT2D eigenvalue weighted by atomic mass is 35.5. The van der Waals surface area contributed by atoms with E-state index in [2.05, 4.69) is 4.98 Å². The lowest BCUT2D eigenvalue weighted by Gasteiger charge is -2.03. The molecule has 66 valence electrons. The first-order chi connectivity index (χ1) is 6.28. The number of halogens is 1. The maximum atomic E-state index is 8.61. The zero-order valence-corrected chi connectivity index (χ0v) is 7.58. The van der Waals surface area contributed by atoms with E-state index in [1.807, 2.05) is 6.07 Å². The van der Waals surface area contributed by atoms with Crippen LogP contribution in [0.3, 0.4) is 0 Å². The van der Waals surface area contributed by atoms with Gasteiger partial charge in [0.2, 0.25) is 0 Å². The van der Waals surface area contributed by atoms with Crippen molar-refractivity contribution in [3.05, 3.63) is 23.0 Å². The predicted octanol–water partition coefficient (Wildman–Crippen LogP) is 2.15. The summed E-state index contributed by atoms with van der Waals surface area (Å²) in [5.74, 6) is 0.638. The second-order valence-corrected chi connectivity index (χ2v) is 3.33. The summed E-state index contributed by atoms with van der Waals surface area (Å²) >= 11 is 5.69. The molecule has 0 unspecified atom stereocenters. The van der Waals surface area contributed by atoms with Crippen LogP contribution in [0.15, 0.2) is 12.1 Å². The first-order valence-electron chi connectivity index (χ1n) is 4.02. The van der Waals surface area contributed by atoms with Crippen LogP contribution >= 0.6 is 11.6 Å². The molecule has 0 saturated heterocycles. The van der Waals surface area contributed by atoms with Gasteiger partial charge in [-0.2, -0.15) is 5.26 Å². The molecule has 0 spiro atoms. The van der Waals surface area contributed by atoms with E-state index in [1.165, 1.54) is 0 Å². The Hall–Kier alpha value is -1.27. The van der Waals surface area contributed by atoms with Crippen molar-refractivity contribution in [2.75, 3.05) is 0 Å². The van der Waals surface area contributed by atoms with Gasteiger partial charge >= 0.3 is 0 Å². The summed E-state index contributed by atoms with van der Waals surface area (Å²) < 4.78 is 5.47. The normalized spacial score (nSPS) is 15.1. The first kappa shape index (κ1) is 8.33. The Bertz CT molecular complexity index is 368. The van der Waals surface area contributed by atoms with Crippen LogP contribution in [-0.2, 0) is 0 Å². The van der Waals surface area contributed by atoms with Crippen molar-refractivity contribution in [3.63, 3.8) is 0 Å². The maximum absolute atomic E-state index is 8.61. The van der Waals surface area contributed by atoms with Gasteiger partial charge in [-0.15, -0.1) is 0 Å². The zero-order valence-electron chi connectivity index (χ0n) is 6.83. The Morgan fingerprint density at radius 3 is 2.92 bits per heavy atom. The van der Waals surface area contributed by atoms with Gasteiger partial charge in [0.05, 0.1) is 6.10 Å². The van der Waals surface area contributed by atoms with Gasteiger partial charge in [0.1, 0.15) is 22.7 Å². The van der Waals surface area contributed by atoms with E-state index in [0.717, 1.165) is 12.8 Å². The van der Waals surface area contributed by atoms with Crippen LogP contribution in [0.5, 0.6) is 5.75 Å². The van der Waals surface area contributed by atoms with Crippen LogP contribution in [0.4, 0.5) is 0 Å². The predicted molar refractivity (Wildman–Crippen MR) is 47.6 cm³/mol. The van der Waals surface area contributed by atoms with Crippen LogP contribution in [0.2, 0.25) is 5.15 Å². The van der Waals surface area contributed by atoms with Crippen LogP contribution in [0.1, 0.15) is 18.5 Å². The zero-order chi connectivity index (χ0) is 9.26. The molecular formula is C9H7ClN2O. The molecule has 1 aromatic heterocycles. The third-order valence-electron chi connectivity index (χ3n) is 1.71. The third kappa shape index (κ3) is 2.10. The molecule has 2 rings (SSSR count). The van der Waals surface area contributed by atoms with Gasteiger partial charge < -0.3 is 4.74 Å². The van der Waals surface area contributed by atoms with Gasteiger partial charge in [0.15, 0.2) is 0 Å². The summed E-state index contributed by atoms with van der Waals surface area (Å²) in [7, 11) is 0. The molecule has 1 saturated carbocycles. The monoisotopic (exact) mass is 194 g/mol. The fraction of sp³-hybridized carbons (Fsp3) is 0.333. The second-order valence-electron chi connectivity index (χ2n) is 2.94. The molecule has 1 aromatic rings. The maximum Gasteiger partial charge on any atom is 0.145 e. The summed E-state index contributed by atoms with van der Waals surface area (Å²) in [5, 5.41) is 8.91. The second kappa shape index (κ2) is 3.23. The van der Waals surface area contributed by atoms with E-state index in [0.29, 0.717) is 22.7 Å². The Morgan fingerprint density at radius 2 is 2.31 bits per heavy atom. The Kier molecular flexibility index (Phi) is 2.07. The number of aromatic nitrogens is 1. The standard InChI is InChI=1S/C9H7ClN2O/c10-9-4-8(13-7-1-2-7)3-6(5-11)12-9/h3-4,7H,1-2H2. The number of nitriles is 1. The highest BCUT2D eigenvalue weighted by Gasteiger charge is 2.23. The van der Waals surface area contributed by atoms with Gasteiger partial charge in [-0.1, -0.05) is 11.6 Å². The summed E-state index contributed by atoms with van der Waals surface area (Å²) in [6.45, 7) is 0. The average molecular weight is 195 g/mol. The first-order valence-corrected chi connectivity index (χ1v) is 4.40. The molecule has 0 N–H and O–H groups in total. The van der Waals surface area contributed by atoms with Crippen LogP contribution in [0, 0.1) is 11.3 Å². The SMILES string of the molecule is N#Cc1cc(OC2CC2)cc(Cl)n1. The van der Waals surface area contributed by atoms with Crippen molar-refractivity contribution in [2.24, 2.45) is 0 Å². The smallest absolute Gasteiger partial charge is 0.145 e. The third-order valence-corrected chi connectivity index (χ3v) is 1.90. The molecule has 0 radical (unpaired) electrons. The fourth-order valence-corrected chi connectivity index (χ4v) is 1.18. The summed E-state index contributed by atoms with van der Waals surface area (Å²) in [4.78, 5) is 3.80. The molecule has 0 aliphatic heterocycles. The molecule has 13 heavy (non-hydrogen) atoms. The van der Waals surface area contributed by atoms with Crippen molar-refractivity contribution in [1.29, 1.82) is 5.26 Å². The van der Waals surface area contributed by atoms with E-state index >= 15 is 0 Å². The minimum Gasteiger partial charge on any atom is -0.490 e. The van der Waals surface area contributed by atoms with E-state index in [1.54, 1.807) is 12.1 Å². The number of hydrogen-bond acceptors (Lipinski definition) is 3. The number of nitrogens with zero attached hydrogens (tertiary/aromatic N) is 2. The number of pyridine rings is 1. The molecule has 0 atom stereocenters. The molecule has 0 amide bonds. The van der Waals surface area contributed by atoms with Crippen molar-refractivity contribution in [2.45, 2.75) is 18.9 Å². The Balaban J connectivity index is 2.24. The highest BCUT2D eigenvalue weighted by molar-refractivity contribution is 6.29. The van der Waals surface area contributed by atoms with Gasteiger partial charge in [0.25, 0.3) is 0 Å². The van der Waals surface area contributed by atoms with Gasteiger partial charge in [0, 0.05) is 12.1 Å². The van der Waals surface area contributed by atoms with Crippen molar-refractivity contribution >= 4 is 11.6 Å². The highest BCUT2D eigenvalue weighted by Crippen LogP contribution is 2.28. The van der Waals surface area contributed by atoms with Crippen molar-refractivity contribution < 1.29 is 4.74 Å². The lowest BCUT2D eigenvalue weighted by Crippen LogP contribution is -1.97. The number of hydrogen-bond donors (Lipinski definition) is 0. The van der Waals surface area contributed by atoms with Crippen LogP contribution < -0.4 is 4.74 Å². The lowest BCUT2D eigenvalue weighted by atomic mass is 10.3. The topological polar surface area (TPSA) is 45.9 Å². The van der Waals surface area contributed by atoms with Gasteiger partial charge in [-0.3, -0.25) is 0 Å². The van der Waals surface area contributed by atoms with Gasteiger partial charge in [-0.25, -0.2) is 4.98 Å². The largest absolute Gasteiger partial charge is 0.490 e.